The van der Waals surface area contributed by atoms with Crippen LogP contribution in [0.1, 0.15) is 20.1 Å². The molecule has 3 rings (SSSR count). The number of nitrogens with one attached hydrogen (secondary N) is 1. The van der Waals surface area contributed by atoms with Crippen molar-refractivity contribution in [2.24, 2.45) is 0 Å². The summed E-state index contributed by atoms with van der Waals surface area (Å²) in [5, 5.41) is 31.3. The number of H-pyrrole nitrogens is 1. The summed E-state index contributed by atoms with van der Waals surface area (Å²) in [6.45, 7) is 2.03. The largest absolute Gasteiger partial charge is 0.385 e. The Morgan fingerprint density at radius 3 is 2.69 bits per heavy atom. The normalized spacial score (nSPS) is 29.8. The zero-order chi connectivity index (χ0) is 19.4. The third kappa shape index (κ3) is 2.42. The number of hydrogen-bond acceptors (Lipinski definition) is 10. The first-order valence-corrected chi connectivity index (χ1v) is 7.56. The molecule has 0 aromatic carbocycles. The number of Topliss-reactive ketones (excluding diaryl/α,β-unsaturated/α-hetero) is 2. The van der Waals surface area contributed by atoms with Crippen molar-refractivity contribution in [1.29, 1.82) is 0 Å². The van der Waals surface area contributed by atoms with Gasteiger partial charge in [0, 0.05) is 0 Å². The molecule has 0 spiro atoms. The predicted octanol–water partition coefficient (Wildman–Crippen LogP) is -2.77. The number of nitrogens with two attached hydrogens (primary N) is 1. The Balaban J connectivity index is 2.14. The number of ketones is 2. The molecule has 2 aromatic heterocycles. The van der Waals surface area contributed by atoms with Crippen LogP contribution in [-0.4, -0.2) is 70.3 Å². The van der Waals surface area contributed by atoms with Crippen molar-refractivity contribution in [1.82, 2.24) is 19.5 Å². The van der Waals surface area contributed by atoms with Gasteiger partial charge in [-0.25, -0.2) is 4.98 Å². The van der Waals surface area contributed by atoms with Gasteiger partial charge in [-0.1, -0.05) is 0 Å². The second-order valence-electron chi connectivity index (χ2n) is 6.10. The summed E-state index contributed by atoms with van der Waals surface area (Å²) in [5.41, 5.74) is 2.12. The van der Waals surface area contributed by atoms with E-state index >= 15 is 0 Å². The highest BCUT2D eigenvalue weighted by molar-refractivity contribution is 5.89. The first kappa shape index (κ1) is 18.1. The van der Waals surface area contributed by atoms with E-state index in [-0.39, 0.29) is 17.1 Å². The molecule has 5 atom stereocenters. The molecular formula is C14H17N5O7. The zero-order valence-corrected chi connectivity index (χ0v) is 13.8. The molecule has 26 heavy (non-hydrogen) atoms. The minimum Gasteiger partial charge on any atom is -0.385 e. The van der Waals surface area contributed by atoms with Crippen LogP contribution in [0, 0.1) is 0 Å². The lowest BCUT2D eigenvalue weighted by molar-refractivity contribution is -0.162. The summed E-state index contributed by atoms with van der Waals surface area (Å²) in [5.74, 6) is -1.90. The molecule has 1 unspecified atom stereocenters. The number of fused-ring (bicyclic) bond motifs is 1. The molecule has 1 fully saturated rings. The van der Waals surface area contributed by atoms with E-state index in [0.29, 0.717) is 0 Å². The maximum atomic E-state index is 12.0. The van der Waals surface area contributed by atoms with E-state index < -0.39 is 47.3 Å². The summed E-state index contributed by atoms with van der Waals surface area (Å²) in [6.07, 6.45) is -5.82. The van der Waals surface area contributed by atoms with Crippen LogP contribution in [0.25, 0.3) is 11.2 Å². The number of rotatable bonds is 4. The number of nitrogen functional groups attached to an aromatic ring is 1. The SMILES string of the molecule is CC(=O)C(O)[C@H]1O[C@@H](n2cnc3c(=O)[nH]c(N)nc32)[C@H](O)[C@@]1(O)C(C)=O. The first-order chi connectivity index (χ1) is 12.1. The van der Waals surface area contributed by atoms with Gasteiger partial charge in [0.2, 0.25) is 5.95 Å². The standard InChI is InChI=1S/C14H17N5O7/c1-4(20)7(22)9-14(25,5(2)21)8(23)12(26-9)19-3-16-6-10(19)17-13(15)18-11(6)24/h3,7-9,12,22-23,25H,1-2H3,(H3,15,17,18,24)/t7?,8-,9+,12+,14-/m0/s1. The van der Waals surface area contributed by atoms with E-state index in [1.807, 2.05) is 0 Å². The number of aromatic nitrogens is 4. The molecule has 1 saturated heterocycles. The van der Waals surface area contributed by atoms with Gasteiger partial charge >= 0.3 is 0 Å². The number of hydrogen-bond donors (Lipinski definition) is 5. The minimum absolute atomic E-state index is 0.0702. The third-order valence-electron chi connectivity index (χ3n) is 4.43. The third-order valence-corrected chi connectivity index (χ3v) is 4.43. The van der Waals surface area contributed by atoms with E-state index in [0.717, 1.165) is 24.7 Å². The van der Waals surface area contributed by atoms with Crippen molar-refractivity contribution in [3.63, 3.8) is 0 Å². The average Bonchev–Trinajstić information content (AvgIpc) is 3.08. The van der Waals surface area contributed by atoms with E-state index in [2.05, 4.69) is 15.0 Å². The summed E-state index contributed by atoms with van der Waals surface area (Å²) in [7, 11) is 0. The number of nitrogens with zero attached hydrogens (tertiary/aromatic N) is 3. The number of ether oxygens (including phenoxy) is 1. The Morgan fingerprint density at radius 2 is 2.12 bits per heavy atom. The second-order valence-corrected chi connectivity index (χ2v) is 6.10. The minimum atomic E-state index is -2.56. The molecule has 1 aliphatic rings. The van der Waals surface area contributed by atoms with Gasteiger partial charge in [0.15, 0.2) is 34.6 Å². The Kier molecular flexibility index (Phi) is 4.15. The molecular weight excluding hydrogens is 350 g/mol. The maximum Gasteiger partial charge on any atom is 0.280 e. The zero-order valence-electron chi connectivity index (χ0n) is 13.8. The van der Waals surface area contributed by atoms with Crippen LogP contribution in [0.5, 0.6) is 0 Å². The van der Waals surface area contributed by atoms with Crippen molar-refractivity contribution in [2.75, 3.05) is 5.73 Å². The number of anilines is 1. The van der Waals surface area contributed by atoms with Gasteiger partial charge in [-0.15, -0.1) is 0 Å². The molecule has 12 nitrogen and oxygen atoms in total. The Morgan fingerprint density at radius 1 is 1.46 bits per heavy atom. The molecule has 1 aliphatic heterocycles. The van der Waals surface area contributed by atoms with Crippen molar-refractivity contribution in [3.05, 3.63) is 16.7 Å². The molecule has 0 radical (unpaired) electrons. The maximum absolute atomic E-state index is 12.0. The fourth-order valence-electron chi connectivity index (χ4n) is 3.00. The van der Waals surface area contributed by atoms with Crippen molar-refractivity contribution in [2.45, 2.75) is 44.0 Å². The van der Waals surface area contributed by atoms with E-state index in [4.69, 9.17) is 10.5 Å². The number of aliphatic hydroxyl groups is 3. The molecule has 0 saturated carbocycles. The molecule has 0 amide bonds. The van der Waals surface area contributed by atoms with Crippen LogP contribution < -0.4 is 11.3 Å². The molecule has 3 heterocycles. The Hall–Kier alpha value is -2.67. The lowest BCUT2D eigenvalue weighted by Gasteiger charge is -2.29. The van der Waals surface area contributed by atoms with Crippen molar-refractivity contribution in [3.8, 4) is 0 Å². The van der Waals surface area contributed by atoms with E-state index in [1.165, 1.54) is 0 Å². The number of carbonyl (C=O) groups is 2. The highest BCUT2D eigenvalue weighted by Crippen LogP contribution is 2.40. The summed E-state index contributed by atoms with van der Waals surface area (Å²) in [6, 6.07) is 0. The van der Waals surface area contributed by atoms with Crippen LogP contribution in [-0.2, 0) is 14.3 Å². The smallest absolute Gasteiger partial charge is 0.280 e. The van der Waals surface area contributed by atoms with Gasteiger partial charge in [-0.05, 0) is 13.8 Å². The van der Waals surface area contributed by atoms with Crippen LogP contribution in [0.15, 0.2) is 11.1 Å². The predicted molar refractivity (Wildman–Crippen MR) is 84.8 cm³/mol. The van der Waals surface area contributed by atoms with Gasteiger partial charge in [0.05, 0.1) is 6.33 Å². The quantitative estimate of drug-likeness (QED) is 0.377. The highest BCUT2D eigenvalue weighted by atomic mass is 16.6. The van der Waals surface area contributed by atoms with Crippen molar-refractivity contribution >= 4 is 28.7 Å². The van der Waals surface area contributed by atoms with Crippen LogP contribution in [0.2, 0.25) is 0 Å². The number of aromatic amines is 1. The van der Waals surface area contributed by atoms with Crippen LogP contribution in [0.3, 0.4) is 0 Å². The topological polar surface area (TPSA) is 194 Å². The second kappa shape index (κ2) is 5.95. The van der Waals surface area contributed by atoms with Gasteiger partial charge in [0.1, 0.15) is 18.3 Å². The molecule has 12 heteroatoms. The molecule has 140 valence electrons. The summed E-state index contributed by atoms with van der Waals surface area (Å²) in [4.78, 5) is 45.4. The van der Waals surface area contributed by atoms with Crippen LogP contribution >= 0.6 is 0 Å². The molecule has 6 N–H and O–H groups in total. The molecule has 0 bridgehead atoms. The van der Waals surface area contributed by atoms with Gasteiger partial charge in [-0.2, -0.15) is 4.98 Å². The first-order valence-electron chi connectivity index (χ1n) is 7.56. The number of imidazole rings is 1. The number of carbonyl (C=O) groups excluding carboxylic acids is 2. The average molecular weight is 367 g/mol. The monoisotopic (exact) mass is 367 g/mol. The van der Waals surface area contributed by atoms with E-state index in [9.17, 15) is 29.7 Å². The lowest BCUT2D eigenvalue weighted by Crippen LogP contribution is -2.58. The fraction of sp³-hybridized carbons (Fsp3) is 0.500. The Bertz CT molecular complexity index is 953. The van der Waals surface area contributed by atoms with Crippen molar-refractivity contribution < 1.29 is 29.6 Å². The molecule has 2 aromatic rings. The molecule has 0 aliphatic carbocycles. The fourth-order valence-corrected chi connectivity index (χ4v) is 3.00. The lowest BCUT2D eigenvalue weighted by atomic mass is 9.84. The highest BCUT2D eigenvalue weighted by Gasteiger charge is 2.62. The van der Waals surface area contributed by atoms with Gasteiger partial charge in [0.25, 0.3) is 5.56 Å². The van der Waals surface area contributed by atoms with Crippen LogP contribution in [0.4, 0.5) is 5.95 Å². The van der Waals surface area contributed by atoms with Gasteiger partial charge < -0.3 is 25.8 Å². The van der Waals surface area contributed by atoms with E-state index in [1.54, 1.807) is 0 Å². The number of aliphatic hydroxyl groups excluding tert-OH is 2. The Labute approximate surface area is 145 Å². The summed E-state index contributed by atoms with van der Waals surface area (Å²) >= 11 is 0. The summed E-state index contributed by atoms with van der Waals surface area (Å²) < 4.78 is 6.53. The van der Waals surface area contributed by atoms with Gasteiger partial charge in [-0.3, -0.25) is 23.9 Å².